The Hall–Kier alpha value is -0.900. The molecule has 1 aromatic heterocycles. The SMILES string of the molecule is COCCc1nc(C2CCCCC2)n[nH]1. The summed E-state index contributed by atoms with van der Waals surface area (Å²) in [4.78, 5) is 4.52. The first-order valence-corrected chi connectivity index (χ1v) is 5.80. The Morgan fingerprint density at radius 3 is 2.87 bits per heavy atom. The summed E-state index contributed by atoms with van der Waals surface area (Å²) in [5.74, 6) is 2.56. The Balaban J connectivity index is 1.93. The highest BCUT2D eigenvalue weighted by atomic mass is 16.5. The molecule has 1 N–H and O–H groups in total. The molecule has 4 nitrogen and oxygen atoms in total. The van der Waals surface area contributed by atoms with E-state index in [0.29, 0.717) is 12.5 Å². The lowest BCUT2D eigenvalue weighted by Gasteiger charge is -2.17. The largest absolute Gasteiger partial charge is 0.384 e. The van der Waals surface area contributed by atoms with Gasteiger partial charge in [0.15, 0.2) is 5.82 Å². The van der Waals surface area contributed by atoms with Crippen LogP contribution in [0.15, 0.2) is 0 Å². The second-order valence-electron chi connectivity index (χ2n) is 4.22. The average Bonchev–Trinajstić information content (AvgIpc) is 2.76. The van der Waals surface area contributed by atoms with Crippen molar-refractivity contribution in [2.45, 2.75) is 44.4 Å². The Bertz CT molecular complexity index is 292. The van der Waals surface area contributed by atoms with Crippen LogP contribution < -0.4 is 0 Å². The minimum Gasteiger partial charge on any atom is -0.384 e. The molecular formula is C11H19N3O. The van der Waals surface area contributed by atoms with Gasteiger partial charge in [0, 0.05) is 19.4 Å². The Morgan fingerprint density at radius 2 is 2.13 bits per heavy atom. The van der Waals surface area contributed by atoms with E-state index in [9.17, 15) is 0 Å². The Kier molecular flexibility index (Phi) is 3.72. The summed E-state index contributed by atoms with van der Waals surface area (Å²) in [6, 6.07) is 0. The van der Waals surface area contributed by atoms with Gasteiger partial charge in [-0.15, -0.1) is 0 Å². The van der Waals surface area contributed by atoms with Crippen LogP contribution >= 0.6 is 0 Å². The van der Waals surface area contributed by atoms with Crippen LogP contribution in [0.4, 0.5) is 0 Å². The number of methoxy groups -OCH3 is 1. The highest BCUT2D eigenvalue weighted by Gasteiger charge is 2.19. The molecule has 0 radical (unpaired) electrons. The van der Waals surface area contributed by atoms with E-state index in [2.05, 4.69) is 15.2 Å². The van der Waals surface area contributed by atoms with Gasteiger partial charge in [-0.25, -0.2) is 4.98 Å². The van der Waals surface area contributed by atoms with Crippen molar-refractivity contribution in [3.63, 3.8) is 0 Å². The average molecular weight is 209 g/mol. The van der Waals surface area contributed by atoms with E-state index in [0.717, 1.165) is 18.1 Å². The molecule has 1 aliphatic carbocycles. The van der Waals surface area contributed by atoms with Gasteiger partial charge in [-0.1, -0.05) is 19.3 Å². The number of aromatic nitrogens is 3. The van der Waals surface area contributed by atoms with E-state index >= 15 is 0 Å². The maximum absolute atomic E-state index is 5.01. The van der Waals surface area contributed by atoms with Gasteiger partial charge in [0.05, 0.1) is 6.61 Å². The lowest BCUT2D eigenvalue weighted by molar-refractivity contribution is 0.200. The minimum absolute atomic E-state index is 0.589. The van der Waals surface area contributed by atoms with Crippen LogP contribution in [0, 0.1) is 0 Å². The van der Waals surface area contributed by atoms with Crippen molar-refractivity contribution < 1.29 is 4.74 Å². The van der Waals surface area contributed by atoms with E-state index in [4.69, 9.17) is 4.74 Å². The topological polar surface area (TPSA) is 50.8 Å². The van der Waals surface area contributed by atoms with Gasteiger partial charge in [0.2, 0.25) is 0 Å². The van der Waals surface area contributed by atoms with Gasteiger partial charge >= 0.3 is 0 Å². The summed E-state index contributed by atoms with van der Waals surface area (Å²) in [5, 5.41) is 7.30. The first kappa shape index (κ1) is 10.6. The smallest absolute Gasteiger partial charge is 0.153 e. The van der Waals surface area contributed by atoms with Crippen molar-refractivity contribution in [2.24, 2.45) is 0 Å². The Morgan fingerprint density at radius 1 is 1.33 bits per heavy atom. The Labute approximate surface area is 90.4 Å². The van der Waals surface area contributed by atoms with E-state index in [1.54, 1.807) is 7.11 Å². The zero-order valence-electron chi connectivity index (χ0n) is 9.33. The summed E-state index contributed by atoms with van der Waals surface area (Å²) in [5.41, 5.74) is 0. The van der Waals surface area contributed by atoms with Gasteiger partial charge in [0.25, 0.3) is 0 Å². The zero-order valence-corrected chi connectivity index (χ0v) is 9.33. The fourth-order valence-corrected chi connectivity index (χ4v) is 2.16. The summed E-state index contributed by atoms with van der Waals surface area (Å²) in [6.45, 7) is 0.708. The molecule has 0 spiro atoms. The first-order chi connectivity index (χ1) is 7.40. The summed E-state index contributed by atoms with van der Waals surface area (Å²) in [6.07, 6.45) is 7.36. The quantitative estimate of drug-likeness (QED) is 0.825. The number of hydrogen-bond donors (Lipinski definition) is 1. The molecular weight excluding hydrogens is 190 g/mol. The van der Waals surface area contributed by atoms with Crippen LogP contribution in [-0.2, 0) is 11.2 Å². The number of ether oxygens (including phenoxy) is 1. The van der Waals surface area contributed by atoms with Gasteiger partial charge < -0.3 is 4.74 Å². The number of aromatic amines is 1. The van der Waals surface area contributed by atoms with Crippen LogP contribution in [0.5, 0.6) is 0 Å². The standard InChI is InChI=1S/C11H19N3O/c1-15-8-7-10-12-11(14-13-10)9-5-3-2-4-6-9/h9H,2-8H2,1H3,(H,12,13,14). The normalized spacial score (nSPS) is 18.2. The van der Waals surface area contributed by atoms with Gasteiger partial charge in [0.1, 0.15) is 5.82 Å². The van der Waals surface area contributed by atoms with Crippen molar-refractivity contribution in [1.29, 1.82) is 0 Å². The number of hydrogen-bond acceptors (Lipinski definition) is 3. The van der Waals surface area contributed by atoms with Gasteiger partial charge in [-0.2, -0.15) is 5.10 Å². The monoisotopic (exact) mass is 209 g/mol. The van der Waals surface area contributed by atoms with E-state index in [1.165, 1.54) is 32.1 Å². The molecule has 0 amide bonds. The van der Waals surface area contributed by atoms with Crippen LogP contribution in [-0.4, -0.2) is 28.9 Å². The van der Waals surface area contributed by atoms with Crippen molar-refractivity contribution in [2.75, 3.05) is 13.7 Å². The fraction of sp³-hybridized carbons (Fsp3) is 0.818. The summed E-state index contributed by atoms with van der Waals surface area (Å²) >= 11 is 0. The molecule has 0 bridgehead atoms. The summed E-state index contributed by atoms with van der Waals surface area (Å²) < 4.78 is 5.01. The number of nitrogens with one attached hydrogen (secondary N) is 1. The van der Waals surface area contributed by atoms with E-state index in [-0.39, 0.29) is 0 Å². The lowest BCUT2D eigenvalue weighted by Crippen LogP contribution is -2.06. The molecule has 0 saturated heterocycles. The lowest BCUT2D eigenvalue weighted by atomic mass is 9.89. The molecule has 1 heterocycles. The maximum atomic E-state index is 5.01. The van der Waals surface area contributed by atoms with E-state index < -0.39 is 0 Å². The first-order valence-electron chi connectivity index (χ1n) is 5.80. The molecule has 1 aromatic rings. The second kappa shape index (κ2) is 5.26. The van der Waals surface area contributed by atoms with Crippen molar-refractivity contribution in [1.82, 2.24) is 15.2 Å². The number of nitrogens with zero attached hydrogens (tertiary/aromatic N) is 2. The minimum atomic E-state index is 0.589. The fourth-order valence-electron chi connectivity index (χ4n) is 2.16. The third-order valence-electron chi connectivity index (χ3n) is 3.06. The van der Waals surface area contributed by atoms with Crippen molar-refractivity contribution in [3.05, 3.63) is 11.6 Å². The summed E-state index contributed by atoms with van der Waals surface area (Å²) in [7, 11) is 1.71. The predicted molar refractivity (Wildman–Crippen MR) is 57.8 cm³/mol. The molecule has 4 heteroatoms. The highest BCUT2D eigenvalue weighted by molar-refractivity contribution is 4.99. The van der Waals surface area contributed by atoms with E-state index in [1.807, 2.05) is 0 Å². The molecule has 1 aliphatic rings. The van der Waals surface area contributed by atoms with Crippen LogP contribution in [0.3, 0.4) is 0 Å². The van der Waals surface area contributed by atoms with Crippen LogP contribution in [0.25, 0.3) is 0 Å². The van der Waals surface area contributed by atoms with Crippen LogP contribution in [0.2, 0.25) is 0 Å². The highest BCUT2D eigenvalue weighted by Crippen LogP contribution is 2.30. The maximum Gasteiger partial charge on any atom is 0.153 e. The molecule has 84 valence electrons. The molecule has 15 heavy (non-hydrogen) atoms. The number of rotatable bonds is 4. The predicted octanol–water partition coefficient (Wildman–Crippen LogP) is 2.04. The second-order valence-corrected chi connectivity index (χ2v) is 4.22. The molecule has 0 unspecified atom stereocenters. The van der Waals surface area contributed by atoms with Gasteiger partial charge in [-0.3, -0.25) is 5.10 Å². The van der Waals surface area contributed by atoms with Crippen LogP contribution in [0.1, 0.15) is 49.7 Å². The molecule has 1 saturated carbocycles. The molecule has 2 rings (SSSR count). The molecule has 0 aromatic carbocycles. The van der Waals surface area contributed by atoms with Crippen molar-refractivity contribution >= 4 is 0 Å². The third kappa shape index (κ3) is 2.78. The van der Waals surface area contributed by atoms with Crippen molar-refractivity contribution in [3.8, 4) is 0 Å². The zero-order chi connectivity index (χ0) is 10.5. The molecule has 0 aliphatic heterocycles. The van der Waals surface area contributed by atoms with Gasteiger partial charge in [-0.05, 0) is 12.8 Å². The third-order valence-corrected chi connectivity index (χ3v) is 3.06. The number of H-pyrrole nitrogens is 1. The molecule has 0 atom stereocenters. The molecule has 1 fully saturated rings.